The van der Waals surface area contributed by atoms with Crippen molar-refractivity contribution in [2.45, 2.75) is 122 Å². The fourth-order valence-corrected chi connectivity index (χ4v) is 6.93. The number of aliphatic hydroxyl groups is 1. The molecule has 21 nitrogen and oxygen atoms in total. The highest BCUT2D eigenvalue weighted by molar-refractivity contribution is 7.99. The molecule has 0 radical (unpaired) electrons. The molecule has 0 saturated heterocycles. The lowest BCUT2D eigenvalue weighted by Gasteiger charge is -2.14. The summed E-state index contributed by atoms with van der Waals surface area (Å²) in [5, 5.41) is 46.6. The SMILES string of the molecule is C[C@@H](CSCC(=O)NCCNC(=O)COCCOCCNC(=O)COCCOCCCC(=O)CC[C@H](NC(=O)CCCCCCCCCCCCC(=O)O)C(=O)O)C(=O)C[C@@H](CO)C(=O)O. The lowest BCUT2D eigenvalue weighted by atomic mass is 9.97. The number of unbranched alkanes of at least 4 members (excludes halogenated alkanes) is 9. The van der Waals surface area contributed by atoms with E-state index in [9.17, 15) is 48.3 Å². The predicted molar refractivity (Wildman–Crippen MR) is 243 cm³/mol. The molecule has 0 aromatic heterocycles. The zero-order valence-electron chi connectivity index (χ0n) is 38.7. The second kappa shape index (κ2) is 42.2. The summed E-state index contributed by atoms with van der Waals surface area (Å²) < 4.78 is 21.3. The minimum Gasteiger partial charge on any atom is -0.481 e. The summed E-state index contributed by atoms with van der Waals surface area (Å²) in [5.74, 6) is -6.17. The first-order valence-corrected chi connectivity index (χ1v) is 24.1. The van der Waals surface area contributed by atoms with E-state index in [1.165, 1.54) is 11.8 Å². The van der Waals surface area contributed by atoms with Crippen molar-refractivity contribution in [1.82, 2.24) is 21.3 Å². The van der Waals surface area contributed by atoms with Crippen LogP contribution in [0.25, 0.3) is 0 Å². The molecule has 0 aliphatic heterocycles. The van der Waals surface area contributed by atoms with Gasteiger partial charge in [-0.25, -0.2) is 4.79 Å². The molecule has 8 N–H and O–H groups in total. The molecule has 0 unspecified atom stereocenters. The zero-order valence-corrected chi connectivity index (χ0v) is 39.5. The fourth-order valence-electron chi connectivity index (χ4n) is 5.99. The molecule has 0 spiro atoms. The third-order valence-corrected chi connectivity index (χ3v) is 11.1. The van der Waals surface area contributed by atoms with Crippen LogP contribution >= 0.6 is 11.8 Å². The van der Waals surface area contributed by atoms with E-state index < -0.39 is 42.4 Å². The van der Waals surface area contributed by atoms with Crippen molar-refractivity contribution in [3.63, 3.8) is 0 Å². The van der Waals surface area contributed by atoms with E-state index in [-0.39, 0.29) is 152 Å². The number of aliphatic carboxylic acids is 3. The van der Waals surface area contributed by atoms with Crippen LogP contribution in [0, 0.1) is 11.8 Å². The maximum absolute atomic E-state index is 12.3. The van der Waals surface area contributed by atoms with Gasteiger partial charge in [-0.15, -0.1) is 0 Å². The zero-order chi connectivity index (χ0) is 49.2. The minimum absolute atomic E-state index is 0.00779. The number of hydrogen-bond donors (Lipinski definition) is 8. The van der Waals surface area contributed by atoms with Crippen LogP contribution in [-0.2, 0) is 62.1 Å². The van der Waals surface area contributed by atoms with E-state index in [0.717, 1.165) is 57.8 Å². The number of rotatable bonds is 47. The molecular formula is C44H76N4O17S. The first-order valence-electron chi connectivity index (χ1n) is 23.0. The lowest BCUT2D eigenvalue weighted by molar-refractivity contribution is -0.145. The Labute approximate surface area is 392 Å². The number of ketones is 2. The molecule has 0 fully saturated rings. The van der Waals surface area contributed by atoms with E-state index in [2.05, 4.69) is 21.3 Å². The number of Topliss-reactive ketones (excluding diaryl/α,β-unsaturated/α-hetero) is 2. The summed E-state index contributed by atoms with van der Waals surface area (Å²) in [7, 11) is 0. The van der Waals surface area contributed by atoms with E-state index in [1.807, 2.05) is 0 Å². The van der Waals surface area contributed by atoms with Crippen molar-refractivity contribution in [2.24, 2.45) is 11.8 Å². The van der Waals surface area contributed by atoms with Crippen LogP contribution in [0.15, 0.2) is 0 Å². The number of aliphatic hydroxyl groups excluding tert-OH is 1. The van der Waals surface area contributed by atoms with Gasteiger partial charge >= 0.3 is 17.9 Å². The Hall–Kier alpha value is -4.22. The number of thioether (sulfide) groups is 1. The van der Waals surface area contributed by atoms with Crippen LogP contribution in [0.5, 0.6) is 0 Å². The van der Waals surface area contributed by atoms with Crippen molar-refractivity contribution >= 4 is 64.9 Å². The number of amides is 4. The van der Waals surface area contributed by atoms with Crippen molar-refractivity contribution in [1.29, 1.82) is 0 Å². The van der Waals surface area contributed by atoms with Crippen LogP contribution in [0.1, 0.15) is 116 Å². The van der Waals surface area contributed by atoms with Gasteiger partial charge in [0, 0.05) is 70.0 Å². The van der Waals surface area contributed by atoms with Gasteiger partial charge in [-0.2, -0.15) is 11.8 Å². The van der Waals surface area contributed by atoms with Gasteiger partial charge in [-0.1, -0.05) is 58.3 Å². The van der Waals surface area contributed by atoms with E-state index >= 15 is 0 Å². The quantitative estimate of drug-likeness (QED) is 0.0404. The van der Waals surface area contributed by atoms with Crippen LogP contribution in [-0.4, -0.2) is 170 Å². The molecule has 0 aromatic rings. The number of carbonyl (C=O) groups is 9. The van der Waals surface area contributed by atoms with E-state index in [1.54, 1.807) is 6.92 Å². The fraction of sp³-hybridized carbons (Fsp3) is 0.795. The van der Waals surface area contributed by atoms with Gasteiger partial charge in [0.1, 0.15) is 30.8 Å². The molecule has 0 heterocycles. The highest BCUT2D eigenvalue weighted by Crippen LogP contribution is 2.15. The van der Waals surface area contributed by atoms with Crippen molar-refractivity contribution in [3.8, 4) is 0 Å². The normalized spacial score (nSPS) is 12.4. The predicted octanol–water partition coefficient (Wildman–Crippen LogP) is 1.89. The first-order chi connectivity index (χ1) is 31.7. The largest absolute Gasteiger partial charge is 0.481 e. The van der Waals surface area contributed by atoms with Gasteiger partial charge in [0.25, 0.3) is 0 Å². The summed E-state index contributed by atoms with van der Waals surface area (Å²) in [5.41, 5.74) is 0. The van der Waals surface area contributed by atoms with Gasteiger partial charge in [0.05, 0.1) is 51.3 Å². The Balaban J connectivity index is 3.71. The molecule has 0 aliphatic rings. The maximum Gasteiger partial charge on any atom is 0.326 e. The molecule has 0 rings (SSSR count). The summed E-state index contributed by atoms with van der Waals surface area (Å²) in [6.07, 6.45) is 10.4. The molecular weight excluding hydrogens is 889 g/mol. The third-order valence-electron chi connectivity index (χ3n) is 9.85. The minimum atomic E-state index is -1.24. The van der Waals surface area contributed by atoms with Crippen molar-refractivity contribution in [2.75, 3.05) is 90.6 Å². The van der Waals surface area contributed by atoms with E-state index in [0.29, 0.717) is 18.6 Å². The van der Waals surface area contributed by atoms with Gasteiger partial charge in [-0.3, -0.25) is 38.4 Å². The van der Waals surface area contributed by atoms with Gasteiger partial charge < -0.3 is 60.6 Å². The Bertz CT molecular complexity index is 1420. The van der Waals surface area contributed by atoms with Crippen LogP contribution in [0.4, 0.5) is 0 Å². The van der Waals surface area contributed by atoms with Crippen LogP contribution < -0.4 is 21.3 Å². The van der Waals surface area contributed by atoms with Crippen LogP contribution in [0.3, 0.4) is 0 Å². The molecule has 0 saturated carbocycles. The van der Waals surface area contributed by atoms with E-state index in [4.69, 9.17) is 34.3 Å². The number of nitrogens with one attached hydrogen (secondary N) is 4. The van der Waals surface area contributed by atoms with Crippen molar-refractivity contribution in [3.05, 3.63) is 0 Å². The Morgan fingerprint density at radius 1 is 0.530 bits per heavy atom. The highest BCUT2D eigenvalue weighted by atomic mass is 32.2. The molecule has 0 aliphatic carbocycles. The Morgan fingerprint density at radius 2 is 1.05 bits per heavy atom. The second-order valence-corrected chi connectivity index (χ2v) is 16.8. The molecule has 4 amide bonds. The Kier molecular flexibility index (Phi) is 39.5. The molecule has 0 aromatic carbocycles. The van der Waals surface area contributed by atoms with Gasteiger partial charge in [-0.05, 0) is 25.7 Å². The molecule has 3 atom stereocenters. The molecule has 66 heavy (non-hydrogen) atoms. The number of hydrogen-bond acceptors (Lipinski definition) is 15. The maximum atomic E-state index is 12.3. The summed E-state index contributed by atoms with van der Waals surface area (Å²) in [6, 6.07) is -1.13. The topological polar surface area (TPSA) is 320 Å². The monoisotopic (exact) mass is 964 g/mol. The van der Waals surface area contributed by atoms with Gasteiger partial charge in [0.15, 0.2) is 0 Å². The number of carboxylic acid groups (broad SMARTS) is 3. The molecule has 0 bridgehead atoms. The lowest BCUT2D eigenvalue weighted by Crippen LogP contribution is -2.41. The number of carbonyl (C=O) groups excluding carboxylic acids is 6. The summed E-state index contributed by atoms with van der Waals surface area (Å²) in [6.45, 7) is 2.41. The standard InChI is InChI=1S/C44H76N4O17S/c1-33(37(51)27-34(28-49)43(58)59)31-66-32-41(55)46-19-18-45-39(53)29-65-26-24-63-22-20-47-40(54)30-64-25-23-62-21-12-13-35(50)16-17-36(44(60)61)48-38(52)14-10-8-6-4-2-3-5-7-9-11-15-42(56)57/h33-34,36,49H,2-32H2,1H3,(H,45,53)(H,46,55)(H,47,54)(H,48,52)(H,56,57)(H,58,59)(H,60,61)/t33-,34-,36-/m0/s1. The third kappa shape index (κ3) is 39.0. The smallest absolute Gasteiger partial charge is 0.326 e. The molecule has 380 valence electrons. The highest BCUT2D eigenvalue weighted by Gasteiger charge is 2.24. The second-order valence-electron chi connectivity index (χ2n) is 15.8. The Morgan fingerprint density at radius 3 is 1.59 bits per heavy atom. The number of ether oxygens (including phenoxy) is 4. The van der Waals surface area contributed by atoms with Crippen molar-refractivity contribution < 1.29 is 82.5 Å². The summed E-state index contributed by atoms with van der Waals surface area (Å²) in [4.78, 5) is 106. The first kappa shape index (κ1) is 61.8. The average molecular weight is 965 g/mol. The van der Waals surface area contributed by atoms with Crippen LogP contribution in [0.2, 0.25) is 0 Å². The summed E-state index contributed by atoms with van der Waals surface area (Å²) >= 11 is 1.22. The number of carboxylic acids is 3. The molecule has 22 heteroatoms. The average Bonchev–Trinajstić information content (AvgIpc) is 3.27. The van der Waals surface area contributed by atoms with Gasteiger partial charge in [0.2, 0.25) is 23.6 Å².